The maximum Gasteiger partial charge on any atom is 0.247 e. The second-order valence-corrected chi connectivity index (χ2v) is 4.56. The Morgan fingerprint density at radius 1 is 1.26 bits per heavy atom. The van der Waals surface area contributed by atoms with Crippen molar-refractivity contribution in [3.8, 4) is 11.5 Å². The van der Waals surface area contributed by atoms with Crippen LogP contribution in [0.3, 0.4) is 0 Å². The zero-order chi connectivity index (χ0) is 13.5. The maximum absolute atomic E-state index is 5.60. The summed E-state index contributed by atoms with van der Waals surface area (Å²) in [5.74, 6) is 1.62. The molecule has 1 unspecified atom stereocenters. The summed E-state index contributed by atoms with van der Waals surface area (Å²) in [5, 5.41) is 11.3. The van der Waals surface area contributed by atoms with E-state index in [0.29, 0.717) is 24.2 Å². The fraction of sp³-hybridized carbons (Fsp3) is 0.429. The van der Waals surface area contributed by atoms with E-state index < -0.39 is 0 Å². The van der Waals surface area contributed by atoms with E-state index in [0.717, 1.165) is 18.7 Å². The molecule has 0 fully saturated rings. The predicted molar refractivity (Wildman–Crippen MR) is 72.5 cm³/mol. The molecule has 0 saturated carbocycles. The summed E-state index contributed by atoms with van der Waals surface area (Å²) < 4.78 is 10.7. The molecule has 0 spiro atoms. The van der Waals surface area contributed by atoms with E-state index in [9.17, 15) is 0 Å². The molecule has 0 aliphatic carbocycles. The third-order valence-electron chi connectivity index (χ3n) is 2.71. The van der Waals surface area contributed by atoms with Crippen molar-refractivity contribution < 1.29 is 9.15 Å². The smallest absolute Gasteiger partial charge is 0.247 e. The number of nitrogens with zero attached hydrogens (tertiary/aromatic N) is 2. The van der Waals surface area contributed by atoms with Gasteiger partial charge in [0.15, 0.2) is 0 Å². The van der Waals surface area contributed by atoms with E-state index in [1.807, 2.05) is 30.3 Å². The van der Waals surface area contributed by atoms with Crippen LogP contribution in [0.4, 0.5) is 0 Å². The number of ether oxygens (including phenoxy) is 1. The fourth-order valence-corrected chi connectivity index (χ4v) is 1.79. The SMILES string of the molecule is COCC(C)CNCc1nnc(-c2ccccc2)o1. The van der Waals surface area contributed by atoms with E-state index in [4.69, 9.17) is 9.15 Å². The Hall–Kier alpha value is -1.72. The highest BCUT2D eigenvalue weighted by atomic mass is 16.5. The molecule has 0 aliphatic heterocycles. The molecule has 1 aromatic heterocycles. The Bertz CT molecular complexity index is 484. The predicted octanol–water partition coefficient (Wildman–Crippen LogP) is 2.11. The fourth-order valence-electron chi connectivity index (χ4n) is 1.79. The Morgan fingerprint density at radius 2 is 2.05 bits per heavy atom. The van der Waals surface area contributed by atoms with Gasteiger partial charge in [-0.05, 0) is 18.1 Å². The van der Waals surface area contributed by atoms with Crippen LogP contribution in [-0.2, 0) is 11.3 Å². The molecular formula is C14H19N3O2. The first-order valence-electron chi connectivity index (χ1n) is 6.37. The van der Waals surface area contributed by atoms with Crippen LogP contribution in [0.15, 0.2) is 34.7 Å². The monoisotopic (exact) mass is 261 g/mol. The molecule has 1 heterocycles. The third-order valence-corrected chi connectivity index (χ3v) is 2.71. The molecule has 0 radical (unpaired) electrons. The maximum atomic E-state index is 5.60. The molecule has 0 saturated heterocycles. The number of nitrogens with one attached hydrogen (secondary N) is 1. The van der Waals surface area contributed by atoms with E-state index in [1.54, 1.807) is 7.11 Å². The van der Waals surface area contributed by atoms with Crippen molar-refractivity contribution >= 4 is 0 Å². The van der Waals surface area contributed by atoms with Crippen LogP contribution in [-0.4, -0.2) is 30.5 Å². The average Bonchev–Trinajstić information content (AvgIpc) is 2.89. The number of methoxy groups -OCH3 is 1. The standard InChI is InChI=1S/C14H19N3O2/c1-11(10-18-2)8-15-9-13-16-17-14(19-13)12-6-4-3-5-7-12/h3-7,11,15H,8-10H2,1-2H3. The molecule has 2 rings (SSSR count). The van der Waals surface area contributed by atoms with Crippen molar-refractivity contribution in [2.24, 2.45) is 5.92 Å². The van der Waals surface area contributed by atoms with Gasteiger partial charge in [0.05, 0.1) is 6.54 Å². The summed E-state index contributed by atoms with van der Waals surface area (Å²) in [6, 6.07) is 9.75. The van der Waals surface area contributed by atoms with Crippen LogP contribution in [0.2, 0.25) is 0 Å². The van der Waals surface area contributed by atoms with E-state index in [1.165, 1.54) is 0 Å². The first-order chi connectivity index (χ1) is 9.29. The quantitative estimate of drug-likeness (QED) is 0.827. The highest BCUT2D eigenvalue weighted by molar-refractivity contribution is 5.51. The lowest BCUT2D eigenvalue weighted by atomic mass is 10.2. The summed E-state index contributed by atoms with van der Waals surface area (Å²) in [4.78, 5) is 0. The van der Waals surface area contributed by atoms with Crippen LogP contribution in [0.5, 0.6) is 0 Å². The zero-order valence-electron chi connectivity index (χ0n) is 11.3. The van der Waals surface area contributed by atoms with Gasteiger partial charge >= 0.3 is 0 Å². The van der Waals surface area contributed by atoms with Gasteiger partial charge < -0.3 is 14.5 Å². The lowest BCUT2D eigenvalue weighted by Crippen LogP contribution is -2.23. The Morgan fingerprint density at radius 3 is 2.79 bits per heavy atom. The van der Waals surface area contributed by atoms with Crippen LogP contribution in [0, 0.1) is 5.92 Å². The second kappa shape index (κ2) is 7.01. The average molecular weight is 261 g/mol. The van der Waals surface area contributed by atoms with Crippen molar-refractivity contribution in [3.05, 3.63) is 36.2 Å². The third kappa shape index (κ3) is 4.15. The molecule has 19 heavy (non-hydrogen) atoms. The zero-order valence-corrected chi connectivity index (χ0v) is 11.3. The number of hydrogen-bond donors (Lipinski definition) is 1. The molecule has 1 N–H and O–H groups in total. The second-order valence-electron chi connectivity index (χ2n) is 4.56. The lowest BCUT2D eigenvalue weighted by molar-refractivity contribution is 0.158. The number of benzene rings is 1. The summed E-state index contributed by atoms with van der Waals surface area (Å²) >= 11 is 0. The van der Waals surface area contributed by atoms with Crippen molar-refractivity contribution in [2.45, 2.75) is 13.5 Å². The molecule has 1 atom stereocenters. The minimum Gasteiger partial charge on any atom is -0.419 e. The molecule has 102 valence electrons. The van der Waals surface area contributed by atoms with Gasteiger partial charge in [0.25, 0.3) is 0 Å². The van der Waals surface area contributed by atoms with Gasteiger partial charge in [-0.1, -0.05) is 25.1 Å². The Balaban J connectivity index is 1.85. The van der Waals surface area contributed by atoms with Gasteiger partial charge in [-0.2, -0.15) is 0 Å². The highest BCUT2D eigenvalue weighted by Crippen LogP contribution is 2.16. The normalized spacial score (nSPS) is 12.5. The van der Waals surface area contributed by atoms with Crippen molar-refractivity contribution in [2.75, 3.05) is 20.3 Å². The van der Waals surface area contributed by atoms with Gasteiger partial charge in [-0.15, -0.1) is 10.2 Å². The van der Waals surface area contributed by atoms with Gasteiger partial charge in [0, 0.05) is 25.8 Å². The topological polar surface area (TPSA) is 60.2 Å². The summed E-state index contributed by atoms with van der Waals surface area (Å²) in [6.07, 6.45) is 0. The van der Waals surface area contributed by atoms with Gasteiger partial charge in [-0.25, -0.2) is 0 Å². The largest absolute Gasteiger partial charge is 0.419 e. The summed E-state index contributed by atoms with van der Waals surface area (Å²) in [5.41, 5.74) is 0.939. The molecule has 1 aromatic carbocycles. The minimum atomic E-state index is 0.460. The van der Waals surface area contributed by atoms with Crippen LogP contribution in [0.1, 0.15) is 12.8 Å². The van der Waals surface area contributed by atoms with Crippen molar-refractivity contribution in [1.82, 2.24) is 15.5 Å². The minimum absolute atomic E-state index is 0.460. The summed E-state index contributed by atoms with van der Waals surface area (Å²) in [7, 11) is 1.71. The molecule has 5 nitrogen and oxygen atoms in total. The van der Waals surface area contributed by atoms with Gasteiger partial charge in [-0.3, -0.25) is 0 Å². The first kappa shape index (κ1) is 13.7. The first-order valence-corrected chi connectivity index (χ1v) is 6.37. The van der Waals surface area contributed by atoms with Crippen LogP contribution in [0.25, 0.3) is 11.5 Å². The van der Waals surface area contributed by atoms with Crippen molar-refractivity contribution in [1.29, 1.82) is 0 Å². The van der Waals surface area contributed by atoms with Gasteiger partial charge in [0.1, 0.15) is 0 Å². The molecule has 5 heteroatoms. The molecule has 2 aromatic rings. The number of hydrogen-bond acceptors (Lipinski definition) is 5. The van der Waals surface area contributed by atoms with E-state index >= 15 is 0 Å². The Kier molecular flexibility index (Phi) is 5.06. The summed E-state index contributed by atoms with van der Waals surface area (Å²) in [6.45, 7) is 4.30. The lowest BCUT2D eigenvalue weighted by Gasteiger charge is -2.09. The molecule has 0 bridgehead atoms. The van der Waals surface area contributed by atoms with E-state index in [2.05, 4.69) is 22.4 Å². The van der Waals surface area contributed by atoms with Crippen molar-refractivity contribution in [3.63, 3.8) is 0 Å². The Labute approximate surface area is 113 Å². The molecule has 0 amide bonds. The van der Waals surface area contributed by atoms with E-state index in [-0.39, 0.29) is 0 Å². The van der Waals surface area contributed by atoms with Crippen LogP contribution < -0.4 is 5.32 Å². The molecular weight excluding hydrogens is 242 g/mol. The van der Waals surface area contributed by atoms with Crippen LogP contribution >= 0.6 is 0 Å². The van der Waals surface area contributed by atoms with Gasteiger partial charge in [0.2, 0.25) is 11.8 Å². The number of aromatic nitrogens is 2. The molecule has 0 aliphatic rings. The number of rotatable bonds is 7. The highest BCUT2D eigenvalue weighted by Gasteiger charge is 2.08.